The second-order valence-electron chi connectivity index (χ2n) is 4.56. The van der Waals surface area contributed by atoms with Crippen molar-refractivity contribution in [2.24, 2.45) is 0 Å². The van der Waals surface area contributed by atoms with E-state index in [9.17, 15) is 5.11 Å². The largest absolute Gasteiger partial charge is 0.390 e. The molecule has 0 atom stereocenters. The summed E-state index contributed by atoms with van der Waals surface area (Å²) in [6, 6.07) is 7.91. The Hall–Kier alpha value is -0.530. The Morgan fingerprint density at radius 2 is 1.73 bits per heavy atom. The first-order chi connectivity index (χ1) is 7.18. The second kappa shape index (κ2) is 4.54. The molecule has 1 nitrogen and oxygen atoms in total. The summed E-state index contributed by atoms with van der Waals surface area (Å²) in [6.07, 6.45) is 6.14. The first-order valence-electron chi connectivity index (χ1n) is 5.65. The van der Waals surface area contributed by atoms with E-state index in [1.807, 2.05) is 24.3 Å². The van der Waals surface area contributed by atoms with E-state index in [-0.39, 0.29) is 5.60 Å². The average molecular weight is 225 g/mol. The van der Waals surface area contributed by atoms with E-state index in [1.54, 1.807) is 0 Å². The Labute approximate surface area is 96.1 Å². The van der Waals surface area contributed by atoms with Crippen molar-refractivity contribution in [3.8, 4) is 0 Å². The van der Waals surface area contributed by atoms with Gasteiger partial charge < -0.3 is 5.11 Å². The maximum Gasteiger partial charge on any atom is 0.0651 e. The lowest BCUT2D eigenvalue weighted by atomic mass is 9.93. The van der Waals surface area contributed by atoms with Crippen molar-refractivity contribution in [2.75, 3.05) is 0 Å². The molecule has 0 radical (unpaired) electrons. The van der Waals surface area contributed by atoms with Crippen molar-refractivity contribution in [3.05, 3.63) is 34.9 Å². The summed E-state index contributed by atoms with van der Waals surface area (Å²) in [5, 5.41) is 11.0. The molecule has 1 aromatic carbocycles. The Morgan fingerprint density at radius 3 is 2.33 bits per heavy atom. The molecule has 0 unspecified atom stereocenters. The van der Waals surface area contributed by atoms with Crippen LogP contribution in [0, 0.1) is 0 Å². The fourth-order valence-corrected chi connectivity index (χ4v) is 2.44. The van der Waals surface area contributed by atoms with Gasteiger partial charge in [0.2, 0.25) is 0 Å². The molecule has 2 heteroatoms. The molecule has 2 rings (SSSR count). The van der Waals surface area contributed by atoms with Crippen LogP contribution in [0.15, 0.2) is 24.3 Å². The van der Waals surface area contributed by atoms with Gasteiger partial charge in [0, 0.05) is 5.02 Å². The van der Waals surface area contributed by atoms with Crippen molar-refractivity contribution in [3.63, 3.8) is 0 Å². The van der Waals surface area contributed by atoms with E-state index in [4.69, 9.17) is 11.6 Å². The number of benzene rings is 1. The molecule has 82 valence electrons. The molecule has 0 aliphatic heterocycles. The molecule has 1 aromatic rings. The Bertz CT molecular complexity index is 312. The predicted octanol–water partition coefficient (Wildman–Crippen LogP) is 3.58. The molecule has 0 aromatic heterocycles. The number of aryl methyl sites for hydroxylation is 1. The fraction of sp³-hybridized carbons (Fsp3) is 0.538. The van der Waals surface area contributed by atoms with Crippen LogP contribution in [0.5, 0.6) is 0 Å². The minimum absolute atomic E-state index is 0.389. The lowest BCUT2D eigenvalue weighted by Gasteiger charge is -2.21. The summed E-state index contributed by atoms with van der Waals surface area (Å²) >= 11 is 5.82. The van der Waals surface area contributed by atoms with Gasteiger partial charge in [0.25, 0.3) is 0 Å². The summed E-state index contributed by atoms with van der Waals surface area (Å²) < 4.78 is 0. The van der Waals surface area contributed by atoms with Crippen molar-refractivity contribution in [1.29, 1.82) is 0 Å². The molecular formula is C13H17ClO. The van der Waals surface area contributed by atoms with Gasteiger partial charge >= 0.3 is 0 Å². The highest BCUT2D eigenvalue weighted by atomic mass is 35.5. The van der Waals surface area contributed by atoms with Crippen LogP contribution in [0.25, 0.3) is 0 Å². The van der Waals surface area contributed by atoms with Crippen molar-refractivity contribution in [2.45, 2.75) is 44.1 Å². The number of rotatable bonds is 3. The lowest BCUT2D eigenvalue weighted by Crippen LogP contribution is -2.24. The van der Waals surface area contributed by atoms with Gasteiger partial charge in [-0.05, 0) is 43.4 Å². The maximum absolute atomic E-state index is 10.2. The number of aliphatic hydroxyl groups is 1. The molecule has 0 heterocycles. The third-order valence-electron chi connectivity index (χ3n) is 3.33. The standard InChI is InChI=1S/C13H17ClO/c14-12-5-3-11(4-6-12)7-10-13(15)8-1-2-9-13/h3-6,15H,1-2,7-10H2. The first kappa shape index (κ1) is 11.0. The van der Waals surface area contributed by atoms with Crippen molar-refractivity contribution < 1.29 is 5.11 Å². The highest BCUT2D eigenvalue weighted by molar-refractivity contribution is 6.30. The summed E-state index contributed by atoms with van der Waals surface area (Å²) in [5.74, 6) is 0. The molecule has 0 amide bonds. The summed E-state index contributed by atoms with van der Waals surface area (Å²) in [5.41, 5.74) is 0.874. The Morgan fingerprint density at radius 1 is 1.13 bits per heavy atom. The molecule has 1 fully saturated rings. The lowest BCUT2D eigenvalue weighted by molar-refractivity contribution is 0.0391. The normalized spacial score (nSPS) is 19.3. The fourth-order valence-electron chi connectivity index (χ4n) is 2.31. The third-order valence-corrected chi connectivity index (χ3v) is 3.58. The van der Waals surface area contributed by atoms with Crippen LogP contribution in [-0.2, 0) is 6.42 Å². The van der Waals surface area contributed by atoms with Gasteiger partial charge in [-0.3, -0.25) is 0 Å². The third kappa shape index (κ3) is 2.96. The first-order valence-corrected chi connectivity index (χ1v) is 6.03. The zero-order valence-corrected chi connectivity index (χ0v) is 9.63. The van der Waals surface area contributed by atoms with E-state index < -0.39 is 0 Å². The van der Waals surface area contributed by atoms with Gasteiger partial charge in [-0.15, -0.1) is 0 Å². The number of hydrogen-bond donors (Lipinski definition) is 1. The van der Waals surface area contributed by atoms with Gasteiger partial charge in [0.05, 0.1) is 5.60 Å². The van der Waals surface area contributed by atoms with Crippen LogP contribution in [0.4, 0.5) is 0 Å². The molecule has 15 heavy (non-hydrogen) atoms. The van der Waals surface area contributed by atoms with E-state index in [2.05, 4.69) is 0 Å². The minimum atomic E-state index is -0.389. The van der Waals surface area contributed by atoms with Crippen LogP contribution in [0.3, 0.4) is 0 Å². The van der Waals surface area contributed by atoms with Gasteiger partial charge in [-0.1, -0.05) is 36.6 Å². The quantitative estimate of drug-likeness (QED) is 0.832. The molecule has 0 saturated heterocycles. The average Bonchev–Trinajstić information content (AvgIpc) is 2.65. The van der Waals surface area contributed by atoms with Crippen molar-refractivity contribution in [1.82, 2.24) is 0 Å². The van der Waals surface area contributed by atoms with Crippen LogP contribution < -0.4 is 0 Å². The van der Waals surface area contributed by atoms with Crippen molar-refractivity contribution >= 4 is 11.6 Å². The minimum Gasteiger partial charge on any atom is -0.390 e. The van der Waals surface area contributed by atoms with E-state index in [0.717, 1.165) is 30.7 Å². The van der Waals surface area contributed by atoms with Crippen LogP contribution >= 0.6 is 11.6 Å². The van der Waals surface area contributed by atoms with Gasteiger partial charge in [-0.2, -0.15) is 0 Å². The van der Waals surface area contributed by atoms with Gasteiger partial charge in [0.15, 0.2) is 0 Å². The van der Waals surface area contributed by atoms with E-state index in [0.29, 0.717) is 0 Å². The molecular weight excluding hydrogens is 208 g/mol. The number of hydrogen-bond acceptors (Lipinski definition) is 1. The topological polar surface area (TPSA) is 20.2 Å². The molecule has 1 N–H and O–H groups in total. The summed E-state index contributed by atoms with van der Waals surface area (Å²) in [7, 11) is 0. The Balaban J connectivity index is 1.90. The zero-order valence-electron chi connectivity index (χ0n) is 8.88. The van der Waals surface area contributed by atoms with E-state index in [1.165, 1.54) is 18.4 Å². The second-order valence-corrected chi connectivity index (χ2v) is 4.99. The molecule has 1 aliphatic rings. The molecule has 1 saturated carbocycles. The van der Waals surface area contributed by atoms with E-state index >= 15 is 0 Å². The zero-order chi connectivity index (χ0) is 10.7. The van der Waals surface area contributed by atoms with Crippen LogP contribution in [0.2, 0.25) is 5.02 Å². The predicted molar refractivity (Wildman–Crippen MR) is 63.2 cm³/mol. The monoisotopic (exact) mass is 224 g/mol. The highest BCUT2D eigenvalue weighted by Gasteiger charge is 2.30. The van der Waals surface area contributed by atoms with Crippen LogP contribution in [-0.4, -0.2) is 10.7 Å². The van der Waals surface area contributed by atoms with Gasteiger partial charge in [-0.25, -0.2) is 0 Å². The Kier molecular flexibility index (Phi) is 3.32. The SMILES string of the molecule is OC1(CCc2ccc(Cl)cc2)CCCC1. The molecule has 0 bridgehead atoms. The van der Waals surface area contributed by atoms with Crippen LogP contribution in [0.1, 0.15) is 37.7 Å². The number of halogens is 1. The smallest absolute Gasteiger partial charge is 0.0651 e. The maximum atomic E-state index is 10.2. The molecule has 0 spiro atoms. The summed E-state index contributed by atoms with van der Waals surface area (Å²) in [6.45, 7) is 0. The molecule has 1 aliphatic carbocycles. The van der Waals surface area contributed by atoms with Gasteiger partial charge in [0.1, 0.15) is 0 Å². The highest BCUT2D eigenvalue weighted by Crippen LogP contribution is 2.33. The summed E-state index contributed by atoms with van der Waals surface area (Å²) in [4.78, 5) is 0.